The molecule has 7 heteroatoms. The monoisotopic (exact) mass is 491 g/mol. The molecule has 1 fully saturated rings. The van der Waals surface area contributed by atoms with Crippen molar-refractivity contribution in [1.29, 1.82) is 0 Å². The number of pyridine rings is 1. The molecule has 4 aromatic rings. The van der Waals surface area contributed by atoms with Crippen LogP contribution in [-0.4, -0.2) is 47.9 Å². The highest BCUT2D eigenvalue weighted by atomic mass is 16.2. The van der Waals surface area contributed by atoms with Gasteiger partial charge in [0.25, 0.3) is 11.8 Å². The number of nitrogens with zero attached hydrogens (tertiary/aromatic N) is 2. The van der Waals surface area contributed by atoms with E-state index >= 15 is 0 Å². The van der Waals surface area contributed by atoms with Crippen LogP contribution in [0, 0.1) is 0 Å². The van der Waals surface area contributed by atoms with Crippen LogP contribution in [-0.2, 0) is 6.54 Å². The maximum absolute atomic E-state index is 13.1. The highest BCUT2D eigenvalue weighted by Crippen LogP contribution is 2.37. The Hall–Kier alpha value is -4.23. The van der Waals surface area contributed by atoms with Gasteiger partial charge in [-0.3, -0.25) is 14.6 Å². The van der Waals surface area contributed by atoms with E-state index in [1.807, 2.05) is 66.7 Å². The zero-order valence-electron chi connectivity index (χ0n) is 20.6. The molecule has 2 aliphatic heterocycles. The van der Waals surface area contributed by atoms with E-state index in [0.29, 0.717) is 23.4 Å². The Balaban J connectivity index is 1.21. The van der Waals surface area contributed by atoms with E-state index in [1.165, 1.54) is 25.9 Å². The average Bonchev–Trinajstić information content (AvgIpc) is 3.59. The fourth-order valence-electron chi connectivity index (χ4n) is 5.34. The molecule has 0 saturated carbocycles. The minimum atomic E-state index is -0.243. The van der Waals surface area contributed by atoms with Gasteiger partial charge < -0.3 is 20.9 Å². The maximum atomic E-state index is 13.1. The molecule has 3 aromatic carbocycles. The molecule has 2 aliphatic rings. The molecule has 0 bridgehead atoms. The van der Waals surface area contributed by atoms with E-state index in [2.05, 4.69) is 25.8 Å². The van der Waals surface area contributed by atoms with Crippen LogP contribution < -0.4 is 16.0 Å². The van der Waals surface area contributed by atoms with Gasteiger partial charge in [0.15, 0.2) is 0 Å². The van der Waals surface area contributed by atoms with E-state index in [1.54, 1.807) is 6.20 Å². The zero-order chi connectivity index (χ0) is 25.2. The van der Waals surface area contributed by atoms with Gasteiger partial charge in [-0.1, -0.05) is 24.3 Å². The van der Waals surface area contributed by atoms with Crippen LogP contribution in [0.1, 0.15) is 39.1 Å². The lowest BCUT2D eigenvalue weighted by Crippen LogP contribution is -2.25. The number of carbonyl (C=O) groups is 2. The van der Waals surface area contributed by atoms with Gasteiger partial charge in [-0.25, -0.2) is 0 Å². The van der Waals surface area contributed by atoms with E-state index in [-0.39, 0.29) is 11.8 Å². The minimum absolute atomic E-state index is 0.178. The summed E-state index contributed by atoms with van der Waals surface area (Å²) in [6, 6.07) is 21.2. The summed E-state index contributed by atoms with van der Waals surface area (Å²) in [5, 5.41) is 10.3. The van der Waals surface area contributed by atoms with E-state index in [0.717, 1.165) is 46.4 Å². The number of carbonyl (C=O) groups excluding carboxylic acids is 2. The van der Waals surface area contributed by atoms with Crippen molar-refractivity contribution in [3.63, 3.8) is 0 Å². The standard InChI is InChI=1S/C30H29N5O2/c36-29(20-8-10-21(11-9-20)31-15-18-35-16-1-2-17-35)34-27-13-12-23(25-19-33-30(37)28(25)27)22-5-3-7-26-24(22)6-4-14-32-26/h3-14,31H,1-2,15-19H2,(H,33,37)(H,34,36). The van der Waals surface area contributed by atoms with Gasteiger partial charge in [0.2, 0.25) is 0 Å². The second kappa shape index (κ2) is 10.0. The Morgan fingerprint density at radius 2 is 1.78 bits per heavy atom. The van der Waals surface area contributed by atoms with Crippen molar-refractivity contribution >= 4 is 34.1 Å². The molecule has 3 N–H and O–H groups in total. The molecule has 186 valence electrons. The van der Waals surface area contributed by atoms with Gasteiger partial charge in [0.1, 0.15) is 0 Å². The molecule has 2 amide bonds. The van der Waals surface area contributed by atoms with Crippen molar-refractivity contribution in [3.8, 4) is 11.1 Å². The Morgan fingerprint density at radius 3 is 2.62 bits per heavy atom. The van der Waals surface area contributed by atoms with Crippen LogP contribution in [0.25, 0.3) is 22.0 Å². The third-order valence-corrected chi connectivity index (χ3v) is 7.25. The van der Waals surface area contributed by atoms with Crippen molar-refractivity contribution in [1.82, 2.24) is 15.2 Å². The Morgan fingerprint density at radius 1 is 0.946 bits per heavy atom. The smallest absolute Gasteiger partial charge is 0.255 e. The van der Waals surface area contributed by atoms with Crippen LogP contribution in [0.2, 0.25) is 0 Å². The molecule has 7 nitrogen and oxygen atoms in total. The lowest BCUT2D eigenvalue weighted by molar-refractivity contribution is 0.0966. The first kappa shape index (κ1) is 23.2. The lowest BCUT2D eigenvalue weighted by atomic mass is 9.93. The summed E-state index contributed by atoms with van der Waals surface area (Å²) < 4.78 is 0. The van der Waals surface area contributed by atoms with Gasteiger partial charge in [-0.05, 0) is 85.1 Å². The van der Waals surface area contributed by atoms with Crippen molar-refractivity contribution in [2.75, 3.05) is 36.8 Å². The highest BCUT2D eigenvalue weighted by molar-refractivity contribution is 6.12. The number of anilines is 2. The predicted octanol–water partition coefficient (Wildman–Crippen LogP) is 4.91. The number of amides is 2. The van der Waals surface area contributed by atoms with Crippen LogP contribution in [0.5, 0.6) is 0 Å². The molecule has 3 heterocycles. The molecule has 0 unspecified atom stereocenters. The second-order valence-corrected chi connectivity index (χ2v) is 9.58. The largest absolute Gasteiger partial charge is 0.384 e. The number of nitrogens with one attached hydrogen (secondary N) is 3. The molecule has 1 saturated heterocycles. The number of fused-ring (bicyclic) bond motifs is 2. The minimum Gasteiger partial charge on any atom is -0.384 e. The van der Waals surface area contributed by atoms with Crippen molar-refractivity contribution in [3.05, 3.63) is 89.6 Å². The molecule has 0 spiro atoms. The SMILES string of the molecule is O=C(Nc1ccc(-c2cccc3ncccc23)c2c1C(=O)NC2)c1ccc(NCCN2CCCC2)cc1. The topological polar surface area (TPSA) is 86.4 Å². The summed E-state index contributed by atoms with van der Waals surface area (Å²) in [6.07, 6.45) is 4.35. The van der Waals surface area contributed by atoms with Crippen molar-refractivity contribution < 1.29 is 9.59 Å². The molecule has 0 atom stereocenters. The number of aromatic nitrogens is 1. The number of hydrogen-bond donors (Lipinski definition) is 3. The summed E-state index contributed by atoms with van der Waals surface area (Å²) in [4.78, 5) is 32.8. The fraction of sp³-hybridized carbons (Fsp3) is 0.233. The molecular weight excluding hydrogens is 462 g/mol. The first-order valence-electron chi connectivity index (χ1n) is 12.8. The Labute approximate surface area is 215 Å². The normalized spacial score (nSPS) is 15.0. The maximum Gasteiger partial charge on any atom is 0.255 e. The summed E-state index contributed by atoms with van der Waals surface area (Å²) in [5.74, 6) is -0.421. The summed E-state index contributed by atoms with van der Waals surface area (Å²) in [5.41, 5.74) is 6.34. The van der Waals surface area contributed by atoms with Gasteiger partial charge in [-0.15, -0.1) is 0 Å². The molecular formula is C30H29N5O2. The summed E-state index contributed by atoms with van der Waals surface area (Å²) >= 11 is 0. The van der Waals surface area contributed by atoms with E-state index in [9.17, 15) is 9.59 Å². The molecule has 0 radical (unpaired) electrons. The first-order chi connectivity index (χ1) is 18.2. The lowest BCUT2D eigenvalue weighted by Gasteiger charge is -2.16. The Bertz CT molecular complexity index is 1470. The molecule has 37 heavy (non-hydrogen) atoms. The predicted molar refractivity (Wildman–Crippen MR) is 147 cm³/mol. The Kier molecular flexibility index (Phi) is 6.28. The fourth-order valence-corrected chi connectivity index (χ4v) is 5.34. The highest BCUT2D eigenvalue weighted by Gasteiger charge is 2.27. The third-order valence-electron chi connectivity index (χ3n) is 7.25. The molecule has 1 aromatic heterocycles. The van der Waals surface area contributed by atoms with Crippen molar-refractivity contribution in [2.24, 2.45) is 0 Å². The van der Waals surface area contributed by atoms with E-state index in [4.69, 9.17) is 0 Å². The number of hydrogen-bond acceptors (Lipinski definition) is 5. The number of rotatable bonds is 7. The van der Waals surface area contributed by atoms with Gasteiger partial charge in [0.05, 0.1) is 16.8 Å². The summed E-state index contributed by atoms with van der Waals surface area (Å²) in [6.45, 7) is 4.69. The van der Waals surface area contributed by atoms with Crippen LogP contribution in [0.15, 0.2) is 72.9 Å². The third kappa shape index (κ3) is 4.66. The first-order valence-corrected chi connectivity index (χ1v) is 12.8. The van der Waals surface area contributed by atoms with Gasteiger partial charge in [0, 0.05) is 42.5 Å². The van der Waals surface area contributed by atoms with E-state index < -0.39 is 0 Å². The number of benzene rings is 3. The van der Waals surface area contributed by atoms with Crippen LogP contribution in [0.4, 0.5) is 11.4 Å². The average molecular weight is 492 g/mol. The molecule has 0 aliphatic carbocycles. The van der Waals surface area contributed by atoms with Gasteiger partial charge >= 0.3 is 0 Å². The van der Waals surface area contributed by atoms with Crippen molar-refractivity contribution in [2.45, 2.75) is 19.4 Å². The number of likely N-dealkylation sites (tertiary alicyclic amines) is 1. The van der Waals surface area contributed by atoms with Gasteiger partial charge in [-0.2, -0.15) is 0 Å². The summed E-state index contributed by atoms with van der Waals surface area (Å²) in [7, 11) is 0. The van der Waals surface area contributed by atoms with Crippen LogP contribution >= 0.6 is 0 Å². The quantitative estimate of drug-likeness (QED) is 0.342. The zero-order valence-corrected chi connectivity index (χ0v) is 20.6. The molecule has 6 rings (SSSR count). The second-order valence-electron chi connectivity index (χ2n) is 9.58. The van der Waals surface area contributed by atoms with Crippen LogP contribution in [0.3, 0.4) is 0 Å².